The molecular formula is C9H10F6O3. The van der Waals surface area contributed by atoms with Gasteiger partial charge in [0.05, 0.1) is 0 Å². The van der Waals surface area contributed by atoms with Crippen molar-refractivity contribution in [1.29, 1.82) is 0 Å². The number of ether oxygens (including phenoxy) is 1. The molecular weight excluding hydrogens is 270 g/mol. The van der Waals surface area contributed by atoms with Gasteiger partial charge in [0, 0.05) is 5.57 Å². The Balaban J connectivity index is 4.62. The Morgan fingerprint density at radius 3 is 2.11 bits per heavy atom. The van der Waals surface area contributed by atoms with Crippen LogP contribution in [0.1, 0.15) is 6.92 Å². The van der Waals surface area contributed by atoms with Gasteiger partial charge >= 0.3 is 18.1 Å². The third-order valence-corrected chi connectivity index (χ3v) is 1.79. The summed E-state index contributed by atoms with van der Waals surface area (Å²) < 4.78 is 77.3. The lowest BCUT2D eigenvalue weighted by Gasteiger charge is -2.26. The topological polar surface area (TPSA) is 46.5 Å². The average molecular weight is 280 g/mol. The molecule has 0 spiro atoms. The van der Waals surface area contributed by atoms with Gasteiger partial charge in [-0.1, -0.05) is 6.58 Å². The second-order valence-electron chi connectivity index (χ2n) is 3.47. The van der Waals surface area contributed by atoms with E-state index in [4.69, 9.17) is 5.11 Å². The number of aliphatic hydroxyl groups is 1. The molecule has 2 atom stereocenters. The van der Waals surface area contributed by atoms with Crippen LogP contribution in [0.15, 0.2) is 12.2 Å². The number of hydrogen-bond acceptors (Lipinski definition) is 3. The number of carbonyl (C=O) groups excluding carboxylic acids is 1. The molecule has 0 fully saturated rings. The minimum Gasteiger partial charge on any atom is -0.459 e. The molecule has 2 unspecified atom stereocenters. The van der Waals surface area contributed by atoms with E-state index in [0.717, 1.165) is 6.92 Å². The van der Waals surface area contributed by atoms with Crippen molar-refractivity contribution in [2.24, 2.45) is 0 Å². The Morgan fingerprint density at radius 1 is 1.33 bits per heavy atom. The van der Waals surface area contributed by atoms with E-state index in [1.54, 1.807) is 0 Å². The largest absolute Gasteiger partial charge is 0.459 e. The number of hydrogen-bond donors (Lipinski definition) is 1. The number of aliphatic hydroxyl groups excluding tert-OH is 1. The first kappa shape index (κ1) is 16.8. The predicted octanol–water partition coefficient (Wildman–Crippen LogP) is 2.00. The zero-order valence-electron chi connectivity index (χ0n) is 9.10. The van der Waals surface area contributed by atoms with Crippen LogP contribution in [-0.2, 0) is 9.53 Å². The van der Waals surface area contributed by atoms with Crippen molar-refractivity contribution in [2.75, 3.05) is 6.61 Å². The van der Waals surface area contributed by atoms with Gasteiger partial charge in [-0.25, -0.2) is 9.18 Å². The molecule has 0 aliphatic carbocycles. The number of carbonyl (C=O) groups is 1. The van der Waals surface area contributed by atoms with Crippen LogP contribution in [0.3, 0.4) is 0 Å². The lowest BCUT2D eigenvalue weighted by Crippen LogP contribution is -2.51. The van der Waals surface area contributed by atoms with Crippen LogP contribution in [0.2, 0.25) is 0 Å². The van der Waals surface area contributed by atoms with E-state index >= 15 is 0 Å². The molecule has 0 saturated carbocycles. The highest BCUT2D eigenvalue weighted by Crippen LogP contribution is 2.37. The summed E-state index contributed by atoms with van der Waals surface area (Å²) in [5.74, 6) is -6.31. The van der Waals surface area contributed by atoms with Crippen LogP contribution in [-0.4, -0.2) is 42.1 Å². The number of halogens is 6. The summed E-state index contributed by atoms with van der Waals surface area (Å²) in [5.41, 5.74) is -0.210. The Morgan fingerprint density at radius 2 is 1.78 bits per heavy atom. The molecule has 3 nitrogen and oxygen atoms in total. The van der Waals surface area contributed by atoms with Crippen molar-refractivity contribution in [3.8, 4) is 0 Å². The zero-order chi connectivity index (χ0) is 14.7. The van der Waals surface area contributed by atoms with Gasteiger partial charge in [-0.05, 0) is 6.92 Å². The van der Waals surface area contributed by atoms with E-state index in [9.17, 15) is 31.1 Å². The molecule has 0 heterocycles. The van der Waals surface area contributed by atoms with Crippen molar-refractivity contribution in [3.63, 3.8) is 0 Å². The summed E-state index contributed by atoms with van der Waals surface area (Å²) in [5, 5.41) is 8.74. The third-order valence-electron chi connectivity index (χ3n) is 1.79. The van der Waals surface area contributed by atoms with Crippen molar-refractivity contribution in [2.45, 2.75) is 31.3 Å². The minimum atomic E-state index is -5.83. The van der Waals surface area contributed by atoms with E-state index in [1.807, 2.05) is 0 Å². The standard InChI is InChI=1S/C9H10F6O3/c1-4(2)6(17)18-3-5(16)8(11,12)7(10)9(13,14)15/h5,7,16H,1,3H2,2H3. The molecule has 0 aliphatic rings. The Labute approximate surface area is 98.0 Å². The monoisotopic (exact) mass is 280 g/mol. The molecule has 0 bridgehead atoms. The van der Waals surface area contributed by atoms with Crippen LogP contribution in [0.5, 0.6) is 0 Å². The molecule has 9 heteroatoms. The first-order valence-electron chi connectivity index (χ1n) is 4.50. The first-order valence-corrected chi connectivity index (χ1v) is 4.50. The summed E-state index contributed by atoms with van der Waals surface area (Å²) in [7, 11) is 0. The second-order valence-corrected chi connectivity index (χ2v) is 3.47. The molecule has 0 rings (SSSR count). The van der Waals surface area contributed by atoms with Crippen molar-refractivity contribution >= 4 is 5.97 Å². The van der Waals surface area contributed by atoms with Crippen LogP contribution in [0.25, 0.3) is 0 Å². The van der Waals surface area contributed by atoms with Gasteiger partial charge in [-0.2, -0.15) is 22.0 Å². The van der Waals surface area contributed by atoms with Gasteiger partial charge in [0.25, 0.3) is 6.17 Å². The summed E-state index contributed by atoms with van der Waals surface area (Å²) >= 11 is 0. The first-order chi connectivity index (χ1) is 7.90. The van der Waals surface area contributed by atoms with Gasteiger partial charge in [0.1, 0.15) is 6.61 Å². The summed E-state index contributed by atoms with van der Waals surface area (Å²) in [6, 6.07) is 0. The van der Waals surface area contributed by atoms with E-state index in [2.05, 4.69) is 11.3 Å². The summed E-state index contributed by atoms with van der Waals surface area (Å²) in [4.78, 5) is 10.7. The van der Waals surface area contributed by atoms with Crippen molar-refractivity contribution in [3.05, 3.63) is 12.2 Å². The van der Waals surface area contributed by atoms with Crippen LogP contribution in [0.4, 0.5) is 26.3 Å². The van der Waals surface area contributed by atoms with Gasteiger partial charge in [0.15, 0.2) is 6.10 Å². The van der Waals surface area contributed by atoms with Crippen LogP contribution in [0, 0.1) is 0 Å². The van der Waals surface area contributed by atoms with Gasteiger partial charge in [-0.3, -0.25) is 0 Å². The Hall–Kier alpha value is -1.25. The van der Waals surface area contributed by atoms with Crippen LogP contribution < -0.4 is 0 Å². The van der Waals surface area contributed by atoms with E-state index < -0.39 is 37.0 Å². The maximum atomic E-state index is 12.8. The Kier molecular flexibility index (Phi) is 5.21. The molecule has 0 aromatic heterocycles. The lowest BCUT2D eigenvalue weighted by atomic mass is 10.1. The molecule has 0 saturated heterocycles. The highest BCUT2D eigenvalue weighted by Gasteiger charge is 2.60. The number of esters is 1. The quantitative estimate of drug-likeness (QED) is 0.476. The number of alkyl halides is 6. The molecule has 0 amide bonds. The van der Waals surface area contributed by atoms with E-state index in [-0.39, 0.29) is 5.57 Å². The molecule has 1 N–H and O–H groups in total. The SMILES string of the molecule is C=C(C)C(=O)OCC(O)C(F)(F)C(F)C(F)(F)F. The fourth-order valence-corrected chi connectivity index (χ4v) is 0.776. The van der Waals surface area contributed by atoms with E-state index in [0.29, 0.717) is 0 Å². The molecule has 18 heavy (non-hydrogen) atoms. The summed E-state index contributed by atoms with van der Waals surface area (Å²) in [6.07, 6.45) is -13.5. The predicted molar refractivity (Wildman–Crippen MR) is 47.7 cm³/mol. The maximum absolute atomic E-state index is 12.8. The smallest absolute Gasteiger partial charge is 0.425 e. The summed E-state index contributed by atoms with van der Waals surface area (Å²) in [6.45, 7) is 2.75. The van der Waals surface area contributed by atoms with Crippen molar-refractivity contribution < 1.29 is 41.0 Å². The molecule has 0 aromatic carbocycles. The van der Waals surface area contributed by atoms with Gasteiger partial charge in [-0.15, -0.1) is 0 Å². The number of rotatable bonds is 5. The molecule has 0 aliphatic heterocycles. The average Bonchev–Trinajstić information content (AvgIpc) is 2.22. The molecule has 0 radical (unpaired) electrons. The van der Waals surface area contributed by atoms with Crippen LogP contribution >= 0.6 is 0 Å². The highest BCUT2D eigenvalue weighted by atomic mass is 19.4. The normalized spacial score (nSPS) is 16.0. The van der Waals surface area contributed by atoms with Gasteiger partial charge < -0.3 is 9.84 Å². The lowest BCUT2D eigenvalue weighted by molar-refractivity contribution is -0.270. The fraction of sp³-hybridized carbons (Fsp3) is 0.667. The van der Waals surface area contributed by atoms with E-state index in [1.165, 1.54) is 0 Å². The minimum absolute atomic E-state index is 0.210. The fourth-order valence-electron chi connectivity index (χ4n) is 0.776. The van der Waals surface area contributed by atoms with Crippen molar-refractivity contribution in [1.82, 2.24) is 0 Å². The van der Waals surface area contributed by atoms with Gasteiger partial charge in [0.2, 0.25) is 0 Å². The zero-order valence-corrected chi connectivity index (χ0v) is 9.10. The maximum Gasteiger partial charge on any atom is 0.425 e. The highest BCUT2D eigenvalue weighted by molar-refractivity contribution is 5.86. The third kappa shape index (κ3) is 4.21. The molecule has 0 aromatic rings. The second kappa shape index (κ2) is 5.59. The molecule has 106 valence electrons. The Bertz CT molecular complexity index is 325.